The first-order valence-corrected chi connectivity index (χ1v) is 5.97. The molecule has 1 N–H and O–H groups in total. The molecule has 0 spiro atoms. The van der Waals surface area contributed by atoms with E-state index in [1.54, 1.807) is 9.58 Å². The lowest BCUT2D eigenvalue weighted by Gasteiger charge is -2.16. The number of aliphatic carboxylic acids is 1. The second kappa shape index (κ2) is 6.05. The quantitative estimate of drug-likeness (QED) is 0.818. The minimum absolute atomic E-state index is 0.0296. The normalized spacial score (nSPS) is 10.8. The summed E-state index contributed by atoms with van der Waals surface area (Å²) in [4.78, 5) is 12.5. The van der Waals surface area contributed by atoms with E-state index in [9.17, 15) is 4.79 Å². The number of nitrogens with zero attached hydrogens (tertiary/aromatic N) is 5. The van der Waals surface area contributed by atoms with Crippen LogP contribution in [0.15, 0.2) is 30.3 Å². The molecule has 0 amide bonds. The Morgan fingerprint density at radius 3 is 2.74 bits per heavy atom. The summed E-state index contributed by atoms with van der Waals surface area (Å²) in [5.74, 6) is -0.241. The van der Waals surface area contributed by atoms with Gasteiger partial charge in [-0.3, -0.25) is 9.69 Å². The Kier molecular flexibility index (Phi) is 4.19. The van der Waals surface area contributed by atoms with Crippen molar-refractivity contribution >= 4 is 5.97 Å². The molecular formula is C12H15N5O2. The van der Waals surface area contributed by atoms with Crippen LogP contribution in [0.3, 0.4) is 0 Å². The number of hydrogen-bond donors (Lipinski definition) is 1. The first-order chi connectivity index (χ1) is 9.20. The molecule has 2 aromatic rings. The maximum absolute atomic E-state index is 10.8. The monoisotopic (exact) mass is 261 g/mol. The molecule has 0 aliphatic rings. The van der Waals surface area contributed by atoms with Gasteiger partial charge in [0.25, 0.3) is 0 Å². The highest BCUT2D eigenvalue weighted by Gasteiger charge is 2.14. The largest absolute Gasteiger partial charge is 0.480 e. The number of tetrazole rings is 1. The third-order valence-electron chi connectivity index (χ3n) is 2.71. The molecule has 2 rings (SSSR count). The van der Waals surface area contributed by atoms with Crippen molar-refractivity contribution in [2.24, 2.45) is 0 Å². The fraction of sp³-hybridized carbons (Fsp3) is 0.333. The van der Waals surface area contributed by atoms with Crippen LogP contribution < -0.4 is 0 Å². The summed E-state index contributed by atoms with van der Waals surface area (Å²) in [5.41, 5.74) is 0.855. The van der Waals surface area contributed by atoms with Gasteiger partial charge in [-0.1, -0.05) is 25.1 Å². The highest BCUT2D eigenvalue weighted by molar-refractivity contribution is 5.69. The summed E-state index contributed by atoms with van der Waals surface area (Å²) in [6.07, 6.45) is 0. The van der Waals surface area contributed by atoms with Crippen molar-refractivity contribution in [1.82, 2.24) is 25.1 Å². The molecule has 0 saturated carbocycles. The minimum Gasteiger partial charge on any atom is -0.480 e. The van der Waals surface area contributed by atoms with Gasteiger partial charge in [0.1, 0.15) is 0 Å². The van der Waals surface area contributed by atoms with Crippen LogP contribution in [0.25, 0.3) is 5.69 Å². The van der Waals surface area contributed by atoms with E-state index in [4.69, 9.17) is 5.11 Å². The lowest BCUT2D eigenvalue weighted by atomic mass is 10.3. The Morgan fingerprint density at radius 1 is 1.37 bits per heavy atom. The molecule has 7 heteroatoms. The zero-order valence-corrected chi connectivity index (χ0v) is 10.6. The number of para-hydroxylation sites is 1. The molecular weight excluding hydrogens is 246 g/mol. The number of carboxylic acid groups (broad SMARTS) is 1. The SMILES string of the molecule is CCN(CC(=O)O)Cc1nnnn1-c1ccccc1. The predicted molar refractivity (Wildman–Crippen MR) is 67.7 cm³/mol. The van der Waals surface area contributed by atoms with E-state index in [2.05, 4.69) is 15.5 Å². The van der Waals surface area contributed by atoms with Crippen molar-refractivity contribution in [1.29, 1.82) is 0 Å². The number of benzene rings is 1. The van der Waals surface area contributed by atoms with Crippen LogP contribution in [0, 0.1) is 0 Å². The van der Waals surface area contributed by atoms with E-state index in [1.165, 1.54) is 0 Å². The number of hydrogen-bond acceptors (Lipinski definition) is 5. The highest BCUT2D eigenvalue weighted by atomic mass is 16.4. The fourth-order valence-corrected chi connectivity index (χ4v) is 1.74. The van der Waals surface area contributed by atoms with Crippen LogP contribution >= 0.6 is 0 Å². The second-order valence-electron chi connectivity index (χ2n) is 4.04. The van der Waals surface area contributed by atoms with Crippen molar-refractivity contribution < 1.29 is 9.90 Å². The first-order valence-electron chi connectivity index (χ1n) is 5.97. The van der Waals surface area contributed by atoms with Crippen LogP contribution in [0.1, 0.15) is 12.7 Å². The van der Waals surface area contributed by atoms with Gasteiger partial charge in [0.2, 0.25) is 0 Å². The lowest BCUT2D eigenvalue weighted by Crippen LogP contribution is -2.30. The van der Waals surface area contributed by atoms with Crippen molar-refractivity contribution in [3.8, 4) is 5.69 Å². The summed E-state index contributed by atoms with van der Waals surface area (Å²) in [7, 11) is 0. The highest BCUT2D eigenvalue weighted by Crippen LogP contribution is 2.08. The Labute approximate surface area is 110 Å². The summed E-state index contributed by atoms with van der Waals surface area (Å²) in [6, 6.07) is 9.50. The summed E-state index contributed by atoms with van der Waals surface area (Å²) in [6.45, 7) is 2.89. The average Bonchev–Trinajstić information content (AvgIpc) is 2.86. The minimum atomic E-state index is -0.861. The molecule has 0 radical (unpaired) electrons. The molecule has 1 aromatic heterocycles. The van der Waals surface area contributed by atoms with Crippen molar-refractivity contribution in [3.63, 3.8) is 0 Å². The van der Waals surface area contributed by atoms with Crippen LogP contribution in [0.5, 0.6) is 0 Å². The van der Waals surface area contributed by atoms with E-state index >= 15 is 0 Å². The van der Waals surface area contributed by atoms with Gasteiger partial charge in [0, 0.05) is 0 Å². The van der Waals surface area contributed by atoms with Gasteiger partial charge in [0.05, 0.1) is 18.8 Å². The number of rotatable bonds is 6. The van der Waals surface area contributed by atoms with Gasteiger partial charge in [-0.15, -0.1) is 5.10 Å². The second-order valence-corrected chi connectivity index (χ2v) is 4.04. The molecule has 1 heterocycles. The van der Waals surface area contributed by atoms with Gasteiger partial charge >= 0.3 is 5.97 Å². The zero-order valence-electron chi connectivity index (χ0n) is 10.6. The van der Waals surface area contributed by atoms with Crippen LogP contribution in [-0.2, 0) is 11.3 Å². The fourth-order valence-electron chi connectivity index (χ4n) is 1.74. The first kappa shape index (κ1) is 13.2. The molecule has 1 aromatic carbocycles. The van der Waals surface area contributed by atoms with Gasteiger partial charge in [-0.2, -0.15) is 4.68 Å². The van der Waals surface area contributed by atoms with Crippen molar-refractivity contribution in [2.45, 2.75) is 13.5 Å². The molecule has 0 aliphatic carbocycles. The van der Waals surface area contributed by atoms with E-state index in [1.807, 2.05) is 37.3 Å². The third kappa shape index (κ3) is 3.35. The molecule has 0 bridgehead atoms. The predicted octanol–water partition coefficient (Wildman–Crippen LogP) is 0.569. The number of likely N-dealkylation sites (N-methyl/N-ethyl adjacent to an activating group) is 1. The number of carbonyl (C=O) groups is 1. The smallest absolute Gasteiger partial charge is 0.317 e. The molecule has 0 saturated heterocycles. The summed E-state index contributed by atoms with van der Waals surface area (Å²) < 4.78 is 1.62. The van der Waals surface area contributed by atoms with Gasteiger partial charge in [0.15, 0.2) is 5.82 Å². The van der Waals surface area contributed by atoms with Gasteiger partial charge < -0.3 is 5.11 Å². The van der Waals surface area contributed by atoms with E-state index < -0.39 is 5.97 Å². The van der Waals surface area contributed by atoms with E-state index in [-0.39, 0.29) is 6.54 Å². The summed E-state index contributed by atoms with van der Waals surface area (Å²) >= 11 is 0. The molecule has 0 unspecified atom stereocenters. The topological polar surface area (TPSA) is 84.1 Å². The molecule has 19 heavy (non-hydrogen) atoms. The van der Waals surface area contributed by atoms with Crippen LogP contribution in [-0.4, -0.2) is 49.3 Å². The number of carboxylic acids is 1. The Balaban J connectivity index is 2.18. The van der Waals surface area contributed by atoms with E-state index in [0.29, 0.717) is 18.9 Å². The molecule has 0 aliphatic heterocycles. The zero-order chi connectivity index (χ0) is 13.7. The molecule has 0 fully saturated rings. The van der Waals surface area contributed by atoms with Gasteiger partial charge in [-0.05, 0) is 29.1 Å². The Bertz CT molecular complexity index is 540. The van der Waals surface area contributed by atoms with Crippen molar-refractivity contribution in [2.75, 3.05) is 13.1 Å². The van der Waals surface area contributed by atoms with E-state index in [0.717, 1.165) is 5.69 Å². The average molecular weight is 261 g/mol. The Morgan fingerprint density at radius 2 is 2.11 bits per heavy atom. The lowest BCUT2D eigenvalue weighted by molar-refractivity contribution is -0.138. The van der Waals surface area contributed by atoms with Crippen LogP contribution in [0.2, 0.25) is 0 Å². The third-order valence-corrected chi connectivity index (χ3v) is 2.71. The standard InChI is InChI=1S/C12H15N5O2/c1-2-16(9-12(18)19)8-11-13-14-15-17(11)10-6-4-3-5-7-10/h3-7H,2,8-9H2,1H3,(H,18,19). The molecule has 0 atom stereocenters. The number of aromatic nitrogens is 4. The maximum Gasteiger partial charge on any atom is 0.317 e. The van der Waals surface area contributed by atoms with Crippen molar-refractivity contribution in [3.05, 3.63) is 36.2 Å². The summed E-state index contributed by atoms with van der Waals surface area (Å²) in [5, 5.41) is 20.4. The Hall–Kier alpha value is -2.28. The van der Waals surface area contributed by atoms with Crippen LogP contribution in [0.4, 0.5) is 0 Å². The molecule has 7 nitrogen and oxygen atoms in total. The molecule has 100 valence electrons. The van der Waals surface area contributed by atoms with Gasteiger partial charge in [-0.25, -0.2) is 0 Å². The maximum atomic E-state index is 10.8.